The van der Waals surface area contributed by atoms with E-state index in [1.165, 1.54) is 105 Å². The van der Waals surface area contributed by atoms with Gasteiger partial charge in [-0.1, -0.05) is 191 Å². The van der Waals surface area contributed by atoms with E-state index < -0.39 is 0 Å². The SMILES string of the molecule is CC(C)(C)c1c(-c2ccc3c(c2)-c2ccccc2-c2ccccc2-c2cc(-n4c5ccccc5c5ccccc54)ccc2-3)cccc1-c1ccc2c(c1)-c1cccnc1-c1ncccc1-c1ccccc1-2. The summed E-state index contributed by atoms with van der Waals surface area (Å²) in [6.07, 6.45) is 3.77. The summed E-state index contributed by atoms with van der Waals surface area (Å²) in [4.78, 5) is 9.97. The van der Waals surface area contributed by atoms with Crippen molar-refractivity contribution in [2.75, 3.05) is 0 Å². The first-order valence-electron chi connectivity index (χ1n) is 24.6. The van der Waals surface area contributed by atoms with Crippen LogP contribution in [-0.4, -0.2) is 14.5 Å². The van der Waals surface area contributed by atoms with Gasteiger partial charge >= 0.3 is 0 Å². The molecule has 0 radical (unpaired) electrons. The fourth-order valence-electron chi connectivity index (χ4n) is 12.0. The van der Waals surface area contributed by atoms with Crippen LogP contribution in [0.4, 0.5) is 0 Å². The molecule has 0 amide bonds. The second-order valence-corrected chi connectivity index (χ2v) is 20.0. The van der Waals surface area contributed by atoms with E-state index >= 15 is 0 Å². The van der Waals surface area contributed by atoms with Gasteiger partial charge in [-0.15, -0.1) is 0 Å². The number of hydrogen-bond donors (Lipinski definition) is 0. The molecule has 3 aromatic heterocycles. The number of fused-ring (bicyclic) bond motifs is 19. The van der Waals surface area contributed by atoms with Crippen LogP contribution in [0.15, 0.2) is 231 Å². The van der Waals surface area contributed by atoms with Crippen LogP contribution < -0.4 is 0 Å². The Kier molecular flexibility index (Phi) is 9.15. The molecule has 2 aliphatic rings. The smallest absolute Gasteiger partial charge is 0.0970 e. The summed E-state index contributed by atoms with van der Waals surface area (Å²) in [7, 11) is 0. The number of pyridine rings is 2. The third kappa shape index (κ3) is 6.36. The van der Waals surface area contributed by atoms with Crippen LogP contribution in [0.25, 0.3) is 139 Å². The van der Waals surface area contributed by atoms with Crippen molar-refractivity contribution >= 4 is 21.8 Å². The molecule has 14 rings (SSSR count). The van der Waals surface area contributed by atoms with Gasteiger partial charge in [0, 0.05) is 40.0 Å². The molecule has 12 aromatic rings. The summed E-state index contributed by atoms with van der Waals surface area (Å²) in [5.74, 6) is 0. The van der Waals surface area contributed by atoms with Crippen molar-refractivity contribution in [3.05, 3.63) is 236 Å². The second-order valence-electron chi connectivity index (χ2n) is 20.0. The monoisotopic (exact) mass is 905 g/mol. The predicted octanol–water partition coefficient (Wildman–Crippen LogP) is 18.2. The van der Waals surface area contributed by atoms with Gasteiger partial charge in [-0.3, -0.25) is 9.97 Å². The highest BCUT2D eigenvalue weighted by molar-refractivity contribution is 6.10. The highest BCUT2D eigenvalue weighted by Crippen LogP contribution is 2.52. The zero-order valence-corrected chi connectivity index (χ0v) is 39.8. The molecule has 0 N–H and O–H groups in total. The molecule has 9 aromatic carbocycles. The Morgan fingerprint density at radius 2 is 0.648 bits per heavy atom. The molecule has 334 valence electrons. The highest BCUT2D eigenvalue weighted by Gasteiger charge is 2.29. The first kappa shape index (κ1) is 41.1. The lowest BCUT2D eigenvalue weighted by atomic mass is 9.75. The topological polar surface area (TPSA) is 30.7 Å². The lowest BCUT2D eigenvalue weighted by Crippen LogP contribution is -2.15. The summed E-state index contributed by atoms with van der Waals surface area (Å²) >= 11 is 0. The summed E-state index contributed by atoms with van der Waals surface area (Å²) in [5.41, 5.74) is 28.0. The zero-order chi connectivity index (χ0) is 47.4. The Bertz CT molecular complexity index is 4100. The molecule has 0 saturated carbocycles. The highest BCUT2D eigenvalue weighted by atomic mass is 15.0. The molecule has 71 heavy (non-hydrogen) atoms. The average molecular weight is 906 g/mol. The van der Waals surface area contributed by atoms with Gasteiger partial charge in [-0.25, -0.2) is 0 Å². The number of rotatable bonds is 3. The van der Waals surface area contributed by atoms with Crippen molar-refractivity contribution < 1.29 is 0 Å². The lowest BCUT2D eigenvalue weighted by Gasteiger charge is -2.29. The maximum atomic E-state index is 5.01. The van der Waals surface area contributed by atoms with E-state index in [2.05, 4.69) is 232 Å². The Balaban J connectivity index is 0.970. The van der Waals surface area contributed by atoms with Gasteiger partial charge in [0.1, 0.15) is 0 Å². The van der Waals surface area contributed by atoms with Crippen LogP contribution in [0.3, 0.4) is 0 Å². The summed E-state index contributed by atoms with van der Waals surface area (Å²) in [6, 6.07) is 80.9. The molecular formula is C68H47N3. The van der Waals surface area contributed by atoms with E-state index in [1.54, 1.807) is 0 Å². The quantitative estimate of drug-likeness (QED) is 0.177. The van der Waals surface area contributed by atoms with Gasteiger partial charge in [-0.05, 0) is 149 Å². The minimum Gasteiger partial charge on any atom is -0.309 e. The third-order valence-electron chi connectivity index (χ3n) is 15.0. The first-order valence-corrected chi connectivity index (χ1v) is 24.6. The largest absolute Gasteiger partial charge is 0.309 e. The molecule has 0 unspecified atom stereocenters. The van der Waals surface area contributed by atoms with Gasteiger partial charge < -0.3 is 4.57 Å². The predicted molar refractivity (Wildman–Crippen MR) is 297 cm³/mol. The maximum Gasteiger partial charge on any atom is 0.0970 e. The Labute approximate surface area is 414 Å². The van der Waals surface area contributed by atoms with Crippen molar-refractivity contribution in [3.8, 4) is 117 Å². The molecule has 0 aliphatic heterocycles. The number of para-hydroxylation sites is 2. The van der Waals surface area contributed by atoms with E-state index in [4.69, 9.17) is 9.97 Å². The van der Waals surface area contributed by atoms with E-state index in [0.717, 1.165) is 39.3 Å². The Hall–Kier alpha value is -8.92. The summed E-state index contributed by atoms with van der Waals surface area (Å²) in [6.45, 7) is 7.06. The molecule has 0 spiro atoms. The van der Waals surface area contributed by atoms with Crippen LogP contribution in [0.1, 0.15) is 26.3 Å². The average Bonchev–Trinajstić information content (AvgIpc) is 3.76. The minimum absolute atomic E-state index is 0.206. The number of aromatic nitrogens is 3. The van der Waals surface area contributed by atoms with Crippen LogP contribution in [-0.2, 0) is 5.41 Å². The van der Waals surface area contributed by atoms with Crippen molar-refractivity contribution in [2.24, 2.45) is 0 Å². The Morgan fingerprint density at radius 1 is 0.296 bits per heavy atom. The second kappa shape index (κ2) is 15.8. The fraction of sp³-hybridized carbons (Fsp3) is 0.0588. The normalized spacial score (nSPS) is 12.2. The van der Waals surface area contributed by atoms with Crippen LogP contribution in [0, 0.1) is 0 Å². The molecule has 0 atom stereocenters. The van der Waals surface area contributed by atoms with E-state index in [0.29, 0.717) is 0 Å². The number of nitrogens with zero attached hydrogens (tertiary/aromatic N) is 3. The van der Waals surface area contributed by atoms with Crippen molar-refractivity contribution in [3.63, 3.8) is 0 Å². The number of benzene rings is 9. The lowest BCUT2D eigenvalue weighted by molar-refractivity contribution is 0.593. The van der Waals surface area contributed by atoms with E-state index in [-0.39, 0.29) is 5.41 Å². The Morgan fingerprint density at radius 3 is 1.14 bits per heavy atom. The minimum atomic E-state index is -0.206. The third-order valence-corrected chi connectivity index (χ3v) is 15.0. The number of hydrogen-bond acceptors (Lipinski definition) is 2. The van der Waals surface area contributed by atoms with Crippen molar-refractivity contribution in [1.29, 1.82) is 0 Å². The molecule has 0 bridgehead atoms. The molecule has 2 aliphatic carbocycles. The van der Waals surface area contributed by atoms with Gasteiger partial charge in [0.25, 0.3) is 0 Å². The molecule has 3 nitrogen and oxygen atoms in total. The standard InChI is InChI=1S/C68H47N3/c1-68(2,3)65-45(25-14-26-46(65)43-31-34-53-49-19-4-7-20-50(49)58-27-15-37-69-66(58)67-59(61(53)40-43)28-16-38-70-67)42-32-35-54-55-36-33-44(71-63-29-12-10-23-56(63)57-24-11-13-30-64(57)71)41-62(55)52-22-9-6-18-48(52)47-17-5-8-21-51(47)60(54)39-42/h4-41H,1-3H3. The van der Waals surface area contributed by atoms with Crippen molar-refractivity contribution in [1.82, 2.24) is 14.5 Å². The molecule has 3 heterocycles. The fourth-order valence-corrected chi connectivity index (χ4v) is 12.0. The van der Waals surface area contributed by atoms with Crippen molar-refractivity contribution in [2.45, 2.75) is 26.2 Å². The molecule has 0 saturated heterocycles. The van der Waals surface area contributed by atoms with Crippen LogP contribution >= 0.6 is 0 Å². The van der Waals surface area contributed by atoms with Gasteiger partial charge in [0.05, 0.1) is 22.4 Å². The summed E-state index contributed by atoms with van der Waals surface area (Å²) in [5, 5.41) is 2.52. The molecular weight excluding hydrogens is 859 g/mol. The van der Waals surface area contributed by atoms with Crippen LogP contribution in [0.5, 0.6) is 0 Å². The van der Waals surface area contributed by atoms with E-state index in [1.807, 2.05) is 24.5 Å². The van der Waals surface area contributed by atoms with Gasteiger partial charge in [0.15, 0.2) is 0 Å². The maximum absolute atomic E-state index is 5.01. The first-order chi connectivity index (χ1) is 34.9. The van der Waals surface area contributed by atoms with Gasteiger partial charge in [-0.2, -0.15) is 0 Å². The van der Waals surface area contributed by atoms with E-state index in [9.17, 15) is 0 Å². The zero-order valence-electron chi connectivity index (χ0n) is 39.8. The molecule has 0 fully saturated rings. The van der Waals surface area contributed by atoms with Crippen LogP contribution in [0.2, 0.25) is 0 Å². The molecule has 3 heteroatoms. The summed E-state index contributed by atoms with van der Waals surface area (Å²) < 4.78 is 2.43. The van der Waals surface area contributed by atoms with Gasteiger partial charge in [0.2, 0.25) is 0 Å².